The maximum Gasteiger partial charge on any atom is 0.408 e. The Bertz CT molecular complexity index is 1030. The average molecular weight is 380 g/mol. The molecule has 1 aromatic heterocycles. The molecule has 7 nitrogen and oxygen atoms in total. The molecule has 2 amide bonds. The highest BCUT2D eigenvalue weighted by Gasteiger charge is 2.16. The van der Waals surface area contributed by atoms with Crippen LogP contribution in [0.2, 0.25) is 0 Å². The maximum atomic E-state index is 12.3. The minimum Gasteiger partial charge on any atom is -0.445 e. The molecule has 0 aliphatic rings. The third-order valence-electron chi connectivity index (χ3n) is 4.13. The summed E-state index contributed by atoms with van der Waals surface area (Å²) >= 11 is 0. The Kier molecular flexibility index (Phi) is 6.06. The predicted octanol–water partition coefficient (Wildman–Crippen LogP) is 2.72. The molecule has 28 heavy (non-hydrogen) atoms. The molecule has 0 aliphatic heterocycles. The van der Waals surface area contributed by atoms with Crippen molar-refractivity contribution in [1.29, 1.82) is 0 Å². The number of carbonyl (C=O) groups excluding carboxylic acids is 2. The second kappa shape index (κ2) is 8.85. The molecule has 2 N–H and O–H groups in total. The lowest BCUT2D eigenvalue weighted by molar-refractivity contribution is -0.122. The van der Waals surface area contributed by atoms with Crippen LogP contribution in [0.5, 0.6) is 0 Å². The van der Waals surface area contributed by atoms with Crippen LogP contribution in [0.1, 0.15) is 18.1 Å². The number of nitrogens with one attached hydrogen (secondary N) is 2. The smallest absolute Gasteiger partial charge is 0.408 e. The van der Waals surface area contributed by atoms with Crippen LogP contribution < -0.4 is 16.3 Å². The van der Waals surface area contributed by atoms with Crippen LogP contribution in [0.25, 0.3) is 11.0 Å². The maximum absolute atomic E-state index is 12.3. The van der Waals surface area contributed by atoms with E-state index in [-0.39, 0.29) is 13.2 Å². The van der Waals surface area contributed by atoms with Crippen LogP contribution in [0.4, 0.5) is 4.79 Å². The zero-order valence-electron chi connectivity index (χ0n) is 15.3. The van der Waals surface area contributed by atoms with Gasteiger partial charge in [0.2, 0.25) is 5.91 Å². The SMILES string of the molecule is C[C@H](NC(=O)OCc1ccccc1)C(=O)NCc1cc(=O)oc2ccccc12. The van der Waals surface area contributed by atoms with Crippen LogP contribution in [0.3, 0.4) is 0 Å². The second-order valence-electron chi connectivity index (χ2n) is 6.23. The van der Waals surface area contributed by atoms with Crippen molar-refractivity contribution in [1.82, 2.24) is 10.6 Å². The van der Waals surface area contributed by atoms with E-state index in [2.05, 4.69) is 10.6 Å². The first-order chi connectivity index (χ1) is 13.5. The van der Waals surface area contributed by atoms with E-state index in [1.165, 1.54) is 6.07 Å². The molecule has 0 aliphatic carbocycles. The number of ether oxygens (including phenoxy) is 1. The number of para-hydroxylation sites is 1. The quantitative estimate of drug-likeness (QED) is 0.641. The van der Waals surface area contributed by atoms with E-state index in [4.69, 9.17) is 9.15 Å². The van der Waals surface area contributed by atoms with Gasteiger partial charge in [-0.1, -0.05) is 48.5 Å². The fourth-order valence-corrected chi connectivity index (χ4v) is 2.67. The van der Waals surface area contributed by atoms with Crippen molar-refractivity contribution in [3.8, 4) is 0 Å². The van der Waals surface area contributed by atoms with E-state index in [0.29, 0.717) is 11.1 Å². The minimum absolute atomic E-state index is 0.118. The lowest BCUT2D eigenvalue weighted by Gasteiger charge is -2.14. The molecular weight excluding hydrogens is 360 g/mol. The van der Waals surface area contributed by atoms with Crippen LogP contribution in [-0.4, -0.2) is 18.0 Å². The van der Waals surface area contributed by atoms with Gasteiger partial charge in [-0.2, -0.15) is 0 Å². The first-order valence-electron chi connectivity index (χ1n) is 8.79. The molecule has 0 saturated carbocycles. The van der Waals surface area contributed by atoms with Gasteiger partial charge >= 0.3 is 11.7 Å². The monoisotopic (exact) mass is 380 g/mol. The lowest BCUT2D eigenvalue weighted by Crippen LogP contribution is -2.44. The van der Waals surface area contributed by atoms with Crippen LogP contribution in [0, 0.1) is 0 Å². The summed E-state index contributed by atoms with van der Waals surface area (Å²) in [6.45, 7) is 1.80. The van der Waals surface area contributed by atoms with E-state index < -0.39 is 23.7 Å². The first kappa shape index (κ1) is 19.2. The van der Waals surface area contributed by atoms with Gasteiger partial charge in [-0.05, 0) is 24.1 Å². The molecule has 0 fully saturated rings. The van der Waals surface area contributed by atoms with Gasteiger partial charge in [-0.3, -0.25) is 4.79 Å². The molecule has 3 aromatic rings. The molecule has 144 valence electrons. The van der Waals surface area contributed by atoms with Gasteiger partial charge in [-0.15, -0.1) is 0 Å². The summed E-state index contributed by atoms with van der Waals surface area (Å²) in [6, 6.07) is 16.9. The van der Waals surface area contributed by atoms with E-state index in [1.807, 2.05) is 42.5 Å². The molecule has 0 bridgehead atoms. The number of fused-ring (bicyclic) bond motifs is 1. The lowest BCUT2D eigenvalue weighted by atomic mass is 10.1. The minimum atomic E-state index is -0.797. The summed E-state index contributed by atoms with van der Waals surface area (Å²) in [5.74, 6) is -0.394. The van der Waals surface area contributed by atoms with Crippen LogP contribution in [0.15, 0.2) is 69.9 Å². The third-order valence-corrected chi connectivity index (χ3v) is 4.13. The Morgan fingerprint density at radius 3 is 2.57 bits per heavy atom. The van der Waals surface area contributed by atoms with Gasteiger partial charge in [0.1, 0.15) is 18.2 Å². The highest BCUT2D eigenvalue weighted by atomic mass is 16.5. The van der Waals surface area contributed by atoms with Gasteiger partial charge in [-0.25, -0.2) is 9.59 Å². The normalized spacial score (nSPS) is 11.6. The van der Waals surface area contributed by atoms with Gasteiger partial charge in [0.05, 0.1) is 0 Å². The Hall–Kier alpha value is -3.61. The third kappa shape index (κ3) is 4.97. The number of hydrogen-bond donors (Lipinski definition) is 2. The van der Waals surface area contributed by atoms with Crippen molar-refractivity contribution < 1.29 is 18.7 Å². The van der Waals surface area contributed by atoms with Crippen molar-refractivity contribution in [3.63, 3.8) is 0 Å². The highest BCUT2D eigenvalue weighted by molar-refractivity contribution is 5.86. The van der Waals surface area contributed by atoms with Crippen molar-refractivity contribution in [3.05, 3.63) is 82.2 Å². The molecule has 1 atom stereocenters. The van der Waals surface area contributed by atoms with Crippen molar-refractivity contribution in [2.24, 2.45) is 0 Å². The molecule has 0 spiro atoms. The average Bonchev–Trinajstić information content (AvgIpc) is 2.70. The molecule has 1 heterocycles. The fraction of sp³-hybridized carbons (Fsp3) is 0.190. The van der Waals surface area contributed by atoms with E-state index in [9.17, 15) is 14.4 Å². The fourth-order valence-electron chi connectivity index (χ4n) is 2.67. The predicted molar refractivity (Wildman–Crippen MR) is 104 cm³/mol. The van der Waals surface area contributed by atoms with E-state index in [0.717, 1.165) is 10.9 Å². The number of rotatable bonds is 6. The second-order valence-corrected chi connectivity index (χ2v) is 6.23. The van der Waals surface area contributed by atoms with Gasteiger partial charge in [0.25, 0.3) is 0 Å². The Balaban J connectivity index is 1.53. The summed E-state index contributed by atoms with van der Waals surface area (Å²) < 4.78 is 10.2. The van der Waals surface area contributed by atoms with E-state index in [1.54, 1.807) is 19.1 Å². The summed E-state index contributed by atoms with van der Waals surface area (Å²) in [5.41, 5.74) is 1.46. The summed E-state index contributed by atoms with van der Waals surface area (Å²) in [4.78, 5) is 35.8. The Labute approximate surface area is 161 Å². The largest absolute Gasteiger partial charge is 0.445 e. The van der Waals surface area contributed by atoms with E-state index >= 15 is 0 Å². The molecule has 2 aromatic carbocycles. The molecule has 0 radical (unpaired) electrons. The molecule has 0 unspecified atom stereocenters. The first-order valence-corrected chi connectivity index (χ1v) is 8.79. The summed E-state index contributed by atoms with van der Waals surface area (Å²) in [7, 11) is 0. The Morgan fingerprint density at radius 1 is 1.07 bits per heavy atom. The van der Waals surface area contributed by atoms with Crippen molar-refractivity contribution >= 4 is 23.0 Å². The summed E-state index contributed by atoms with van der Waals surface area (Å²) in [6.07, 6.45) is -0.683. The Morgan fingerprint density at radius 2 is 1.79 bits per heavy atom. The van der Waals surface area contributed by atoms with Gasteiger partial charge in [0, 0.05) is 18.0 Å². The number of benzene rings is 2. The molecular formula is C21H20N2O5. The van der Waals surface area contributed by atoms with Gasteiger partial charge in [0.15, 0.2) is 0 Å². The zero-order chi connectivity index (χ0) is 19.9. The molecule has 7 heteroatoms. The van der Waals surface area contributed by atoms with Gasteiger partial charge < -0.3 is 19.8 Å². The van der Waals surface area contributed by atoms with Crippen LogP contribution in [-0.2, 0) is 22.7 Å². The van der Waals surface area contributed by atoms with Crippen molar-refractivity contribution in [2.75, 3.05) is 0 Å². The number of alkyl carbamates (subject to hydrolysis) is 1. The van der Waals surface area contributed by atoms with Crippen molar-refractivity contribution in [2.45, 2.75) is 26.1 Å². The zero-order valence-corrected chi connectivity index (χ0v) is 15.3. The molecule has 0 saturated heterocycles. The topological polar surface area (TPSA) is 97.6 Å². The standard InChI is InChI=1S/C21H20N2O5/c1-14(23-21(26)27-13-15-7-3-2-4-8-15)20(25)22-12-16-11-19(24)28-18-10-6-5-9-17(16)18/h2-11,14H,12-13H2,1H3,(H,22,25)(H,23,26)/t14-/m0/s1. The van der Waals surface area contributed by atoms with Crippen LogP contribution >= 0.6 is 0 Å². The highest BCUT2D eigenvalue weighted by Crippen LogP contribution is 2.16. The number of carbonyl (C=O) groups is 2. The summed E-state index contributed by atoms with van der Waals surface area (Å²) in [5, 5.41) is 5.93. The number of amides is 2. The number of hydrogen-bond acceptors (Lipinski definition) is 5. The molecule has 3 rings (SSSR count).